The fourth-order valence-electron chi connectivity index (χ4n) is 19.4. The van der Waals surface area contributed by atoms with Gasteiger partial charge in [-0.25, -0.2) is 0 Å². The van der Waals surface area contributed by atoms with Crippen molar-refractivity contribution in [1.29, 1.82) is 0 Å². The zero-order valence-electron chi connectivity index (χ0n) is 95.5. The molecule has 840 valence electrons. The van der Waals surface area contributed by atoms with Gasteiger partial charge in [0, 0.05) is 145 Å². The Bertz CT molecular complexity index is 3550. The maximum Gasteiger partial charge on any atom is 0.250 e. The number of hydrogen-bond acceptors (Lipinski definition) is 16. The van der Waals surface area contributed by atoms with Gasteiger partial charge in [0.1, 0.15) is 75.9 Å². The van der Waals surface area contributed by atoms with Gasteiger partial charge in [-0.1, -0.05) is 366 Å². The molecule has 1 aliphatic carbocycles. The average Bonchev–Trinajstić information content (AvgIpc) is 0.768. The number of amides is 8. The molecule has 0 unspecified atom stereocenters. The van der Waals surface area contributed by atoms with Crippen molar-refractivity contribution in [2.45, 2.75) is 468 Å². The first-order valence-corrected chi connectivity index (χ1v) is 60.1. The van der Waals surface area contributed by atoms with Crippen molar-refractivity contribution in [3.05, 3.63) is 93.0 Å². The van der Waals surface area contributed by atoms with Crippen molar-refractivity contribution in [1.82, 2.24) is 19.6 Å². The Morgan fingerprint density at radius 3 is 0.466 bits per heavy atom. The summed E-state index contributed by atoms with van der Waals surface area (Å²) < 4.78 is 53.6. The van der Waals surface area contributed by atoms with E-state index in [0.29, 0.717) is 195 Å². The lowest BCUT2D eigenvalue weighted by molar-refractivity contribution is -0.138. The Morgan fingerprint density at radius 1 is 0.189 bits per heavy atom. The molecule has 0 saturated carbocycles. The van der Waals surface area contributed by atoms with E-state index in [1.54, 1.807) is 0 Å². The number of unbranched alkanes of at least 4 members (excludes halogenated alkanes) is 44. The van der Waals surface area contributed by atoms with Crippen LogP contribution in [0.2, 0.25) is 0 Å². The van der Waals surface area contributed by atoms with Crippen molar-refractivity contribution in [2.75, 3.05) is 153 Å². The van der Waals surface area contributed by atoms with E-state index in [2.05, 4.69) is 104 Å². The van der Waals surface area contributed by atoms with E-state index in [0.717, 1.165) is 231 Å². The average molecular weight is 2070 g/mol. The predicted molar refractivity (Wildman–Crippen MR) is 610 cm³/mol. The van der Waals surface area contributed by atoms with E-state index in [1.807, 2.05) is 68.1 Å². The third kappa shape index (κ3) is 57.4. The number of ether oxygens (including phenoxy) is 8. The van der Waals surface area contributed by atoms with Crippen molar-refractivity contribution >= 4 is 70.0 Å². The fraction of sp³-hybridized carbons (Fsp3) is 0.742. The predicted octanol–water partition coefficient (Wildman–Crippen LogP) is 29.1. The summed E-state index contributed by atoms with van der Waals surface area (Å²) in [5, 5.41) is 12.9. The number of carbonyl (C=O) groups is 8. The van der Waals surface area contributed by atoms with Gasteiger partial charge in [0.15, 0.2) is 0 Å². The Morgan fingerprint density at radius 2 is 0.324 bits per heavy atom. The molecule has 24 nitrogen and oxygen atoms in total. The van der Waals surface area contributed by atoms with Gasteiger partial charge < -0.3 is 78.8 Å². The van der Waals surface area contributed by atoms with Crippen LogP contribution < -0.4 is 40.2 Å². The number of nitrogens with one attached hydrogen (secondary N) is 4. The van der Waals surface area contributed by atoms with Gasteiger partial charge in [-0.15, -0.1) is 0 Å². The van der Waals surface area contributed by atoms with E-state index in [-0.39, 0.29) is 75.7 Å². The molecule has 8 amide bonds. The molecule has 8 bridgehead atoms. The van der Waals surface area contributed by atoms with Crippen LogP contribution in [0.1, 0.15) is 487 Å². The zero-order valence-corrected chi connectivity index (χ0v) is 95.5. The summed E-state index contributed by atoms with van der Waals surface area (Å²) >= 11 is 0. The third-order valence-corrected chi connectivity index (χ3v) is 28.1. The van der Waals surface area contributed by atoms with Gasteiger partial charge >= 0.3 is 0 Å². The largest absolute Gasteiger partial charge is 0.493 e. The van der Waals surface area contributed by atoms with Crippen LogP contribution in [0.15, 0.2) is 48.5 Å². The highest BCUT2D eigenvalue weighted by Gasteiger charge is 2.29. The van der Waals surface area contributed by atoms with Crippen molar-refractivity contribution in [2.24, 2.45) is 0 Å². The summed E-state index contributed by atoms with van der Waals surface area (Å²) in [6.07, 6.45) is 58.9. The monoisotopic (exact) mass is 2070 g/mol. The van der Waals surface area contributed by atoms with Gasteiger partial charge in [-0.3, -0.25) is 38.4 Å². The molecule has 0 fully saturated rings. The Hall–Kier alpha value is -8.32. The lowest BCUT2D eigenvalue weighted by atomic mass is 9.90. The summed E-state index contributed by atoms with van der Waals surface area (Å²) in [4.78, 5) is 125. The highest BCUT2D eigenvalue weighted by atomic mass is 16.5. The van der Waals surface area contributed by atoms with Gasteiger partial charge in [0.2, 0.25) is 47.3 Å². The van der Waals surface area contributed by atoms with E-state index in [1.165, 1.54) is 103 Å². The zero-order chi connectivity index (χ0) is 107. The number of fused-ring (bicyclic) bond motifs is 8. The molecule has 0 radical (unpaired) electrons. The molecule has 1 aliphatic rings. The van der Waals surface area contributed by atoms with Crippen LogP contribution >= 0.6 is 0 Å². The number of nitrogens with zero attached hydrogens (tertiary/aromatic N) is 4. The molecule has 148 heavy (non-hydrogen) atoms. The third-order valence-electron chi connectivity index (χ3n) is 28.1. The van der Waals surface area contributed by atoms with Crippen LogP contribution in [0.3, 0.4) is 0 Å². The fourth-order valence-corrected chi connectivity index (χ4v) is 19.4. The first kappa shape index (κ1) is 130. The van der Waals surface area contributed by atoms with Gasteiger partial charge in [-0.05, 0) is 126 Å². The first-order chi connectivity index (χ1) is 72.3. The quantitative estimate of drug-likeness (QED) is 0.0263. The van der Waals surface area contributed by atoms with E-state index in [4.69, 9.17) is 37.9 Å². The molecule has 4 aromatic rings. The summed E-state index contributed by atoms with van der Waals surface area (Å²) in [7, 11) is 0. The molecule has 4 aromatic carbocycles. The van der Waals surface area contributed by atoms with Crippen LogP contribution in [0.25, 0.3) is 0 Å². The van der Waals surface area contributed by atoms with Crippen LogP contribution in [0.4, 0.5) is 22.7 Å². The molecule has 5 rings (SSSR count). The second-order valence-electron chi connectivity index (χ2n) is 41.8. The summed E-state index contributed by atoms with van der Waals surface area (Å²) in [5.74, 6) is -0.373. The Kier molecular flexibility index (Phi) is 74.9. The van der Waals surface area contributed by atoms with Crippen molar-refractivity contribution < 1.29 is 76.3 Å². The maximum absolute atomic E-state index is 15.0. The standard InChI is InChI=1S/C124H208N8O16/c1-13-25-37-45-53-61-69-129(70-62-54-46-38-26-14-2)117(137)97-141-93-113(133)125-109-85-101-81-103-87-110(126-114(134)94-142-98-118(138)130(71-63-55-47-39-27-15-3)72-64-56-48-40-28-16-4)89-105(122(103)146-78-34-22-10)83-107-91-112(128-116(136)96-144-100-120(140)132(75-67-59-51-43-31-19-7)76-68-60-52-44-32-20-8)92-108(124(107)148-80-36-24-12)84-106-90-111(88-104(123(106)147-79-35-23-11)82-102(86-109)121(101)145-77-33-21-9)127-115(135)95-143-99-119(139)131(73-65-57-49-41-29-17-5)74-66-58-50-42-30-18-6/h85-92H,13-84,93-100H2,1-12H3,(H,125,133)(H,126,134)(H,127,135)(H,128,136). The number of carbonyl (C=O) groups excluding carboxylic acids is 8. The number of anilines is 4. The molecule has 0 aromatic heterocycles. The molecule has 0 spiro atoms. The molecule has 24 heteroatoms. The first-order valence-electron chi connectivity index (χ1n) is 60.1. The molecule has 0 saturated heterocycles. The molecular weight excluding hydrogens is 1860 g/mol. The number of rotatable bonds is 92. The number of hydrogen-bond donors (Lipinski definition) is 4. The topological polar surface area (TPSA) is 271 Å². The van der Waals surface area contributed by atoms with Gasteiger partial charge in [0.25, 0.3) is 0 Å². The number of benzene rings is 4. The highest BCUT2D eigenvalue weighted by Crippen LogP contribution is 2.44. The second kappa shape index (κ2) is 85.2. The minimum Gasteiger partial charge on any atom is -0.493 e. The van der Waals surface area contributed by atoms with E-state index in [9.17, 15) is 38.4 Å². The molecule has 0 heterocycles. The molecule has 0 atom stereocenters. The summed E-state index contributed by atoms with van der Waals surface area (Å²) in [5.41, 5.74) is 6.88. The van der Waals surface area contributed by atoms with E-state index >= 15 is 0 Å². The van der Waals surface area contributed by atoms with Gasteiger partial charge in [-0.2, -0.15) is 0 Å². The van der Waals surface area contributed by atoms with Crippen LogP contribution in [0, 0.1) is 0 Å². The second-order valence-corrected chi connectivity index (χ2v) is 41.8. The Balaban J connectivity index is 1.84. The lowest BCUT2D eigenvalue weighted by Gasteiger charge is -2.25. The lowest BCUT2D eigenvalue weighted by Crippen LogP contribution is -2.36. The summed E-state index contributed by atoms with van der Waals surface area (Å²) in [6, 6.07) is 15.4. The van der Waals surface area contributed by atoms with Crippen molar-refractivity contribution in [3.8, 4) is 23.0 Å². The SMILES string of the molecule is CCCCCCCCN(CCCCCCCC)C(=O)COCC(=O)Nc1cc2c(OCCCC)c(c1)Cc1cc(NC(=O)COCC(=O)N(CCCCCCCC)CCCCCCCC)cc(c1OCCCC)Cc1cc(NC(=O)COCC(=O)N(CCCCCCCC)CCCCCCCC)cc(c1OCCCC)Cc1cc(NC(=O)COCC(=O)N(CCCCCCCC)CCCCCCCC)cc(c1OCCCC)C2. The van der Waals surface area contributed by atoms with Crippen LogP contribution in [-0.2, 0) is 83.0 Å². The highest BCUT2D eigenvalue weighted by molar-refractivity contribution is 5.95. The molecular formula is C124H208N8O16. The van der Waals surface area contributed by atoms with Crippen LogP contribution in [0.5, 0.6) is 23.0 Å². The Labute approximate surface area is 898 Å². The van der Waals surface area contributed by atoms with Crippen molar-refractivity contribution in [3.63, 3.8) is 0 Å². The molecule has 0 aliphatic heterocycles. The van der Waals surface area contributed by atoms with Crippen LogP contribution in [-0.4, -0.2) is 198 Å². The normalized spacial score (nSPS) is 11.8. The van der Waals surface area contributed by atoms with Gasteiger partial charge in [0.05, 0.1) is 26.4 Å². The minimum absolute atomic E-state index is 0.103. The van der Waals surface area contributed by atoms with E-state index < -0.39 is 50.1 Å². The molecule has 4 N–H and O–H groups in total. The summed E-state index contributed by atoms with van der Waals surface area (Å²) in [6.45, 7) is 29.7. The smallest absolute Gasteiger partial charge is 0.250 e. The maximum atomic E-state index is 15.0. The minimum atomic E-state index is -0.480.